The summed E-state index contributed by atoms with van der Waals surface area (Å²) in [6, 6.07) is 5.87. The van der Waals surface area contributed by atoms with Crippen molar-refractivity contribution in [1.29, 1.82) is 0 Å². The number of nitrogens with two attached hydrogens (primary N) is 1. The first-order valence-electron chi connectivity index (χ1n) is 11.5. The van der Waals surface area contributed by atoms with E-state index in [1.165, 1.54) is 0 Å². The molecule has 2 bridgehead atoms. The van der Waals surface area contributed by atoms with E-state index in [9.17, 15) is 24.9 Å². The highest BCUT2D eigenvalue weighted by Crippen LogP contribution is 2.45. The Morgan fingerprint density at radius 1 is 1.22 bits per heavy atom. The lowest BCUT2D eigenvalue weighted by Gasteiger charge is -2.41. The molecule has 8 nitrogen and oxygen atoms in total. The average Bonchev–Trinajstić information content (AvgIpc) is 2.96. The van der Waals surface area contributed by atoms with Gasteiger partial charge in [0.1, 0.15) is 5.75 Å². The van der Waals surface area contributed by atoms with Gasteiger partial charge in [0, 0.05) is 31.7 Å². The second kappa shape index (κ2) is 9.77. The molecule has 0 aliphatic carbocycles. The molecular formula is C24H37N3O5. The molecule has 3 rings (SSSR count). The Kier molecular flexibility index (Phi) is 7.47. The minimum absolute atomic E-state index is 0.00205. The molecule has 3 atom stereocenters. The molecule has 32 heavy (non-hydrogen) atoms. The van der Waals surface area contributed by atoms with Crippen LogP contribution in [0.15, 0.2) is 18.2 Å². The summed E-state index contributed by atoms with van der Waals surface area (Å²) in [6.07, 6.45) is 2.48. The molecule has 2 saturated heterocycles. The van der Waals surface area contributed by atoms with Crippen LogP contribution in [0.25, 0.3) is 0 Å². The van der Waals surface area contributed by atoms with Crippen molar-refractivity contribution >= 4 is 11.8 Å². The molecule has 0 radical (unpaired) electrons. The van der Waals surface area contributed by atoms with Crippen LogP contribution in [-0.2, 0) is 4.79 Å². The number of aliphatic hydroxyl groups excluding tert-OH is 2. The summed E-state index contributed by atoms with van der Waals surface area (Å²) in [5.74, 6) is -0.902. The number of carbonyl (C=O) groups excluding carboxylic acids is 2. The van der Waals surface area contributed by atoms with Gasteiger partial charge in [0.15, 0.2) is 6.10 Å². The van der Waals surface area contributed by atoms with E-state index in [0.717, 1.165) is 31.2 Å². The monoisotopic (exact) mass is 447 g/mol. The van der Waals surface area contributed by atoms with Gasteiger partial charge in [-0.2, -0.15) is 0 Å². The number of nitrogens with zero attached hydrogens (tertiary/aromatic N) is 2. The third kappa shape index (κ3) is 5.42. The van der Waals surface area contributed by atoms with Crippen LogP contribution in [0.1, 0.15) is 68.3 Å². The lowest BCUT2D eigenvalue weighted by molar-refractivity contribution is -0.143. The van der Waals surface area contributed by atoms with Gasteiger partial charge in [0.05, 0.1) is 12.2 Å². The van der Waals surface area contributed by atoms with Crippen molar-refractivity contribution in [2.45, 2.75) is 70.6 Å². The van der Waals surface area contributed by atoms with Gasteiger partial charge in [-0.15, -0.1) is 0 Å². The maximum absolute atomic E-state index is 12.6. The highest BCUT2D eigenvalue weighted by Gasteiger charge is 2.42. The maximum Gasteiger partial charge on any atom is 0.253 e. The fraction of sp³-hybridized carbons (Fsp3) is 0.667. The van der Waals surface area contributed by atoms with E-state index < -0.39 is 24.5 Å². The summed E-state index contributed by atoms with van der Waals surface area (Å²) in [5, 5.41) is 29.7. The number of hydrogen-bond donors (Lipinski definition) is 4. The summed E-state index contributed by atoms with van der Waals surface area (Å²) < 4.78 is 0. The van der Waals surface area contributed by atoms with Crippen LogP contribution in [0.4, 0.5) is 0 Å². The third-order valence-electron chi connectivity index (χ3n) is 6.72. The number of aliphatic hydroxyl groups is 2. The topological polar surface area (TPSA) is 127 Å². The second-order valence-corrected chi connectivity index (χ2v) is 10.4. The first kappa shape index (κ1) is 24.5. The van der Waals surface area contributed by atoms with Gasteiger partial charge in [0.2, 0.25) is 0 Å². The van der Waals surface area contributed by atoms with E-state index in [0.29, 0.717) is 31.7 Å². The molecule has 2 aliphatic heterocycles. The van der Waals surface area contributed by atoms with Crippen LogP contribution < -0.4 is 5.73 Å². The number of phenols is 1. The molecule has 0 saturated carbocycles. The van der Waals surface area contributed by atoms with Crippen molar-refractivity contribution in [3.05, 3.63) is 29.3 Å². The predicted octanol–water partition coefficient (Wildman–Crippen LogP) is 1.43. The minimum Gasteiger partial charge on any atom is -0.507 e. The van der Waals surface area contributed by atoms with Gasteiger partial charge in [-0.25, -0.2) is 0 Å². The fourth-order valence-corrected chi connectivity index (χ4v) is 5.35. The number of benzene rings is 1. The number of carbonyl (C=O) groups is 2. The molecule has 178 valence electrons. The van der Waals surface area contributed by atoms with Crippen molar-refractivity contribution < 1.29 is 24.9 Å². The van der Waals surface area contributed by atoms with Crippen molar-refractivity contribution in [2.24, 2.45) is 11.1 Å². The standard InChI is InChI=1S/C24H37N3O5/c1-24(2,3)14-26(23(32)20(29)13-28)9-10-27-16-7-8-17(27)12-15(11-16)18-5-4-6-19(21(18)30)22(25)31/h4-6,15-17,20,28-30H,7-14H2,1-3H3,(H2,25,31)/t16-,17-,20-/m0/s1. The molecule has 0 unspecified atom stereocenters. The Balaban J connectivity index is 1.69. The zero-order chi connectivity index (χ0) is 23.6. The van der Waals surface area contributed by atoms with E-state index in [1.807, 2.05) is 26.8 Å². The highest BCUT2D eigenvalue weighted by atomic mass is 16.3. The van der Waals surface area contributed by atoms with Gasteiger partial charge in [-0.05, 0) is 48.6 Å². The van der Waals surface area contributed by atoms with E-state index in [4.69, 9.17) is 5.73 Å². The number of hydrogen-bond acceptors (Lipinski definition) is 6. The zero-order valence-corrected chi connectivity index (χ0v) is 19.3. The van der Waals surface area contributed by atoms with Crippen molar-refractivity contribution in [3.8, 4) is 5.75 Å². The van der Waals surface area contributed by atoms with Crippen molar-refractivity contribution in [2.75, 3.05) is 26.2 Å². The molecule has 0 spiro atoms. The lowest BCUT2D eigenvalue weighted by atomic mass is 9.83. The van der Waals surface area contributed by atoms with E-state index >= 15 is 0 Å². The minimum atomic E-state index is -1.39. The van der Waals surface area contributed by atoms with Crippen LogP contribution in [-0.4, -0.2) is 81.4 Å². The Hall–Kier alpha value is -2.16. The number of primary amides is 1. The van der Waals surface area contributed by atoms with Crippen LogP contribution in [0.2, 0.25) is 0 Å². The van der Waals surface area contributed by atoms with E-state index in [-0.39, 0.29) is 22.6 Å². The molecule has 2 amide bonds. The average molecular weight is 448 g/mol. The Labute approximate surface area is 190 Å². The Morgan fingerprint density at radius 3 is 2.38 bits per heavy atom. The molecule has 2 fully saturated rings. The molecule has 5 N–H and O–H groups in total. The first-order valence-corrected chi connectivity index (χ1v) is 11.5. The van der Waals surface area contributed by atoms with Gasteiger partial charge < -0.3 is 26.0 Å². The summed E-state index contributed by atoms with van der Waals surface area (Å²) in [5.41, 5.74) is 6.22. The molecule has 1 aromatic rings. The van der Waals surface area contributed by atoms with Crippen LogP contribution in [0, 0.1) is 5.41 Å². The number of rotatable bonds is 8. The van der Waals surface area contributed by atoms with Gasteiger partial charge in [0.25, 0.3) is 11.8 Å². The zero-order valence-electron chi connectivity index (χ0n) is 19.3. The SMILES string of the molecule is CC(C)(C)CN(CCN1[C@H]2CC[C@H]1CC(c1cccc(C(N)=O)c1O)C2)C(=O)[C@@H](O)CO. The maximum atomic E-state index is 12.6. The Morgan fingerprint density at radius 2 is 1.84 bits per heavy atom. The van der Waals surface area contributed by atoms with Crippen LogP contribution >= 0.6 is 0 Å². The molecule has 0 aromatic heterocycles. The third-order valence-corrected chi connectivity index (χ3v) is 6.72. The van der Waals surface area contributed by atoms with E-state index in [1.54, 1.807) is 17.0 Å². The van der Waals surface area contributed by atoms with Crippen molar-refractivity contribution in [1.82, 2.24) is 9.80 Å². The number of aromatic hydroxyl groups is 1. The Bertz CT molecular complexity index is 823. The highest BCUT2D eigenvalue weighted by molar-refractivity contribution is 5.96. The number of piperidine rings is 1. The van der Waals surface area contributed by atoms with Gasteiger partial charge >= 0.3 is 0 Å². The molecule has 8 heteroatoms. The molecule has 2 aliphatic rings. The number of fused-ring (bicyclic) bond motifs is 2. The molecular weight excluding hydrogens is 410 g/mol. The van der Waals surface area contributed by atoms with Gasteiger partial charge in [-0.1, -0.05) is 32.9 Å². The summed E-state index contributed by atoms with van der Waals surface area (Å²) in [7, 11) is 0. The van der Waals surface area contributed by atoms with Gasteiger partial charge in [-0.3, -0.25) is 14.5 Å². The van der Waals surface area contributed by atoms with Crippen LogP contribution in [0.5, 0.6) is 5.75 Å². The van der Waals surface area contributed by atoms with Crippen molar-refractivity contribution in [3.63, 3.8) is 0 Å². The normalized spacial score (nSPS) is 24.3. The lowest BCUT2D eigenvalue weighted by Crippen LogP contribution is -2.50. The van der Waals surface area contributed by atoms with Crippen LogP contribution in [0.3, 0.4) is 0 Å². The summed E-state index contributed by atoms with van der Waals surface area (Å²) >= 11 is 0. The summed E-state index contributed by atoms with van der Waals surface area (Å²) in [4.78, 5) is 28.3. The largest absolute Gasteiger partial charge is 0.507 e. The van der Waals surface area contributed by atoms with E-state index in [2.05, 4.69) is 4.90 Å². The second-order valence-electron chi connectivity index (χ2n) is 10.4. The summed E-state index contributed by atoms with van der Waals surface area (Å²) in [6.45, 7) is 7.25. The molecule has 2 heterocycles. The number of para-hydroxylation sites is 1. The quantitative estimate of drug-likeness (QED) is 0.477. The first-order chi connectivity index (χ1) is 15.0. The predicted molar refractivity (Wildman–Crippen MR) is 121 cm³/mol. The number of amides is 2. The fourth-order valence-electron chi connectivity index (χ4n) is 5.35. The molecule has 1 aromatic carbocycles. The smallest absolute Gasteiger partial charge is 0.253 e.